The Morgan fingerprint density at radius 1 is 1.12 bits per heavy atom. The van der Waals surface area contributed by atoms with Crippen LogP contribution in [0.5, 0.6) is 0 Å². The number of rotatable bonds is 4. The second-order valence-corrected chi connectivity index (χ2v) is 8.82. The fourth-order valence-corrected chi connectivity index (χ4v) is 4.19. The Hall–Kier alpha value is -4.18. The van der Waals surface area contributed by atoms with Gasteiger partial charge in [0.1, 0.15) is 21.8 Å². The zero-order chi connectivity index (χ0) is 23.1. The molecule has 0 saturated heterocycles. The van der Waals surface area contributed by atoms with Gasteiger partial charge in [-0.3, -0.25) is 24.7 Å². The summed E-state index contributed by atoms with van der Waals surface area (Å²) in [6, 6.07) is 14.6. The molecule has 164 valence electrons. The van der Waals surface area contributed by atoms with Crippen LogP contribution in [0.2, 0.25) is 0 Å². The van der Waals surface area contributed by atoms with Crippen LogP contribution in [0, 0.1) is 19.3 Å². The summed E-state index contributed by atoms with van der Waals surface area (Å²) in [4.78, 5) is 31.0. The summed E-state index contributed by atoms with van der Waals surface area (Å²) in [5.74, 6) is -0.534. The molecule has 1 aromatic carbocycles. The summed E-state index contributed by atoms with van der Waals surface area (Å²) in [7, 11) is 0. The summed E-state index contributed by atoms with van der Waals surface area (Å²) in [5, 5.41) is 20.6. The monoisotopic (exact) mass is 457 g/mol. The molecule has 5 aromatic rings. The maximum atomic E-state index is 13.3. The van der Waals surface area contributed by atoms with Crippen molar-refractivity contribution in [2.24, 2.45) is 0 Å². The molecule has 4 aromatic heterocycles. The van der Waals surface area contributed by atoms with Crippen molar-refractivity contribution in [3.05, 3.63) is 92.3 Å². The van der Waals surface area contributed by atoms with E-state index < -0.39 is 5.91 Å². The summed E-state index contributed by atoms with van der Waals surface area (Å²) in [6.07, 6.45) is 1.63. The molecule has 10 heteroatoms. The molecule has 5 rings (SSSR count). The van der Waals surface area contributed by atoms with Crippen molar-refractivity contribution in [3.63, 3.8) is 0 Å². The molecule has 1 amide bonds. The molecule has 0 fully saturated rings. The van der Waals surface area contributed by atoms with Crippen molar-refractivity contribution in [1.82, 2.24) is 24.1 Å². The number of pyridine rings is 2. The minimum atomic E-state index is -0.534. The number of benzene rings is 1. The summed E-state index contributed by atoms with van der Waals surface area (Å²) < 4.78 is 3.02. The molecular formula is C23H19N7O2S. The van der Waals surface area contributed by atoms with Gasteiger partial charge in [-0.15, -0.1) is 10.2 Å². The molecule has 33 heavy (non-hydrogen) atoms. The van der Waals surface area contributed by atoms with Crippen LogP contribution in [0.25, 0.3) is 16.7 Å². The van der Waals surface area contributed by atoms with Crippen LogP contribution in [0.1, 0.15) is 26.5 Å². The Kier molecular flexibility index (Phi) is 5.06. The molecular weight excluding hydrogens is 438 g/mol. The van der Waals surface area contributed by atoms with Gasteiger partial charge < -0.3 is 4.57 Å². The first kappa shape index (κ1) is 20.7. The van der Waals surface area contributed by atoms with E-state index in [0.717, 1.165) is 11.1 Å². The van der Waals surface area contributed by atoms with E-state index in [4.69, 9.17) is 5.41 Å². The number of nitrogens with zero attached hydrogens (tertiary/aromatic N) is 5. The van der Waals surface area contributed by atoms with E-state index in [0.29, 0.717) is 21.4 Å². The van der Waals surface area contributed by atoms with Gasteiger partial charge in [0.25, 0.3) is 11.5 Å². The summed E-state index contributed by atoms with van der Waals surface area (Å²) in [5.41, 5.74) is 2.55. The largest absolute Gasteiger partial charge is 0.306 e. The van der Waals surface area contributed by atoms with E-state index in [1.54, 1.807) is 35.9 Å². The first-order valence-electron chi connectivity index (χ1n) is 10.2. The minimum Gasteiger partial charge on any atom is -0.306 e. The molecule has 0 radical (unpaired) electrons. The number of anilines is 1. The van der Waals surface area contributed by atoms with Gasteiger partial charge in [-0.25, -0.2) is 4.98 Å². The van der Waals surface area contributed by atoms with E-state index in [1.807, 2.05) is 31.2 Å². The topological polar surface area (TPSA) is 118 Å². The number of nitrogens with one attached hydrogen (secondary N) is 2. The lowest BCUT2D eigenvalue weighted by Gasteiger charge is -2.14. The normalized spacial score (nSPS) is 11.2. The van der Waals surface area contributed by atoms with Crippen LogP contribution in [-0.2, 0) is 6.54 Å². The van der Waals surface area contributed by atoms with Gasteiger partial charge in [0.15, 0.2) is 0 Å². The molecule has 0 spiro atoms. The molecule has 0 bridgehead atoms. The number of aryl methyl sites for hydroxylation is 2. The van der Waals surface area contributed by atoms with Gasteiger partial charge in [0.05, 0.1) is 17.5 Å². The number of carbonyl (C=O) groups is 1. The van der Waals surface area contributed by atoms with E-state index >= 15 is 0 Å². The highest BCUT2D eigenvalue weighted by atomic mass is 32.1. The number of amides is 1. The quantitative estimate of drug-likeness (QED) is 0.402. The Balaban J connectivity index is 1.74. The third kappa shape index (κ3) is 3.80. The highest BCUT2D eigenvalue weighted by Crippen LogP contribution is 2.16. The molecule has 0 unspecified atom stereocenters. The average molecular weight is 458 g/mol. The van der Waals surface area contributed by atoms with Crippen molar-refractivity contribution in [3.8, 4) is 0 Å². The fourth-order valence-electron chi connectivity index (χ4n) is 3.60. The maximum absolute atomic E-state index is 13.3. The Bertz CT molecular complexity index is 1650. The van der Waals surface area contributed by atoms with Gasteiger partial charge in [0.2, 0.25) is 5.13 Å². The van der Waals surface area contributed by atoms with Crippen molar-refractivity contribution >= 4 is 39.1 Å². The standard InChI is InChI=1S/C23H19N7O2S/c1-13-6-8-15(9-7-13)12-30-19(24)16(21(31)26-23-28-27-14(2)33-23)11-17-20(30)25-18-5-3-4-10-29(18)22(17)32/h3-11,24H,12H2,1-2H3,(H,26,28,31). The van der Waals surface area contributed by atoms with Crippen LogP contribution >= 0.6 is 11.3 Å². The van der Waals surface area contributed by atoms with Gasteiger partial charge in [0, 0.05) is 6.20 Å². The van der Waals surface area contributed by atoms with E-state index in [-0.39, 0.29) is 28.5 Å². The Labute approximate surface area is 191 Å². The molecule has 9 nitrogen and oxygen atoms in total. The minimum absolute atomic E-state index is 0.0472. The highest BCUT2D eigenvalue weighted by molar-refractivity contribution is 7.15. The average Bonchev–Trinajstić information content (AvgIpc) is 3.21. The molecule has 2 N–H and O–H groups in total. The van der Waals surface area contributed by atoms with E-state index in [9.17, 15) is 9.59 Å². The van der Waals surface area contributed by atoms with Crippen LogP contribution in [0.3, 0.4) is 0 Å². The van der Waals surface area contributed by atoms with E-state index in [1.165, 1.54) is 21.8 Å². The SMILES string of the molecule is Cc1ccc(Cn2c(=N)c(C(=O)Nc3nnc(C)s3)cc3c(=O)n4ccccc4nc32)cc1. The molecule has 0 aliphatic rings. The molecule has 4 heterocycles. The number of carbonyl (C=O) groups excluding carboxylic acids is 1. The van der Waals surface area contributed by atoms with Crippen LogP contribution < -0.4 is 16.4 Å². The second kappa shape index (κ2) is 8.06. The number of fused-ring (bicyclic) bond motifs is 2. The lowest BCUT2D eigenvalue weighted by molar-refractivity contribution is 0.102. The lowest BCUT2D eigenvalue weighted by atomic mass is 10.1. The smallest absolute Gasteiger partial charge is 0.267 e. The zero-order valence-corrected chi connectivity index (χ0v) is 18.7. The predicted molar refractivity (Wildman–Crippen MR) is 126 cm³/mol. The van der Waals surface area contributed by atoms with Crippen molar-refractivity contribution in [2.75, 3.05) is 5.32 Å². The van der Waals surface area contributed by atoms with Crippen LogP contribution in [0.4, 0.5) is 5.13 Å². The van der Waals surface area contributed by atoms with Gasteiger partial charge in [-0.1, -0.05) is 47.2 Å². The summed E-state index contributed by atoms with van der Waals surface area (Å²) in [6.45, 7) is 4.06. The van der Waals surface area contributed by atoms with Crippen molar-refractivity contribution in [2.45, 2.75) is 20.4 Å². The predicted octanol–water partition coefficient (Wildman–Crippen LogP) is 2.90. The fraction of sp³-hybridized carbons (Fsp3) is 0.130. The molecule has 0 saturated carbocycles. The van der Waals surface area contributed by atoms with Crippen LogP contribution in [-0.4, -0.2) is 30.1 Å². The third-order valence-electron chi connectivity index (χ3n) is 5.27. The second-order valence-electron chi connectivity index (χ2n) is 7.64. The molecule has 0 aliphatic carbocycles. The van der Waals surface area contributed by atoms with Gasteiger partial charge >= 0.3 is 0 Å². The Morgan fingerprint density at radius 2 is 1.91 bits per heavy atom. The third-order valence-corrected chi connectivity index (χ3v) is 6.02. The number of hydrogen-bond acceptors (Lipinski definition) is 7. The Morgan fingerprint density at radius 3 is 2.64 bits per heavy atom. The highest BCUT2D eigenvalue weighted by Gasteiger charge is 2.19. The molecule has 0 atom stereocenters. The lowest BCUT2D eigenvalue weighted by Crippen LogP contribution is -2.32. The first-order valence-corrected chi connectivity index (χ1v) is 11.0. The molecule has 0 aliphatic heterocycles. The van der Waals surface area contributed by atoms with E-state index in [2.05, 4.69) is 20.5 Å². The van der Waals surface area contributed by atoms with Gasteiger partial charge in [-0.05, 0) is 37.6 Å². The zero-order valence-electron chi connectivity index (χ0n) is 17.9. The van der Waals surface area contributed by atoms with Gasteiger partial charge in [-0.2, -0.15) is 0 Å². The van der Waals surface area contributed by atoms with Crippen LogP contribution in [0.15, 0.2) is 59.5 Å². The maximum Gasteiger partial charge on any atom is 0.267 e. The summed E-state index contributed by atoms with van der Waals surface area (Å²) >= 11 is 1.23. The van der Waals surface area contributed by atoms with Crippen molar-refractivity contribution < 1.29 is 4.79 Å². The number of aromatic nitrogens is 5. The van der Waals surface area contributed by atoms with Crippen molar-refractivity contribution in [1.29, 1.82) is 5.41 Å². The first-order chi connectivity index (χ1) is 15.9. The number of hydrogen-bond donors (Lipinski definition) is 2.